The summed E-state index contributed by atoms with van der Waals surface area (Å²) >= 11 is 0. The number of hydrogen-bond acceptors (Lipinski definition) is 6. The van der Waals surface area contributed by atoms with Crippen molar-refractivity contribution in [3.63, 3.8) is 0 Å². The average molecular weight is 481 g/mol. The third-order valence-electron chi connectivity index (χ3n) is 6.64. The van der Waals surface area contributed by atoms with E-state index in [4.69, 9.17) is 9.57 Å². The van der Waals surface area contributed by atoms with Gasteiger partial charge in [0, 0.05) is 54.2 Å². The number of fused-ring (bicyclic) bond motifs is 2. The van der Waals surface area contributed by atoms with E-state index in [0.29, 0.717) is 36.6 Å². The Balaban J connectivity index is 1.26. The van der Waals surface area contributed by atoms with Gasteiger partial charge in [-0.25, -0.2) is 8.78 Å². The highest BCUT2D eigenvalue weighted by atomic mass is 19.2. The number of oxime groups is 1. The van der Waals surface area contributed by atoms with E-state index in [0.717, 1.165) is 59.6 Å². The molecule has 0 N–H and O–H groups in total. The fraction of sp³-hybridized carbons (Fsp3) is 0.346. The summed E-state index contributed by atoms with van der Waals surface area (Å²) in [6.45, 7) is 5.00. The van der Waals surface area contributed by atoms with Gasteiger partial charge >= 0.3 is 0 Å². The summed E-state index contributed by atoms with van der Waals surface area (Å²) in [6, 6.07) is 9.30. The molecule has 5 rings (SSSR count). The van der Waals surface area contributed by atoms with Crippen LogP contribution in [0.1, 0.15) is 47.7 Å². The molecule has 2 aromatic heterocycles. The van der Waals surface area contributed by atoms with Gasteiger partial charge in [0.25, 0.3) is 0 Å². The Bertz CT molecular complexity index is 1240. The molecule has 0 unspecified atom stereocenters. The summed E-state index contributed by atoms with van der Waals surface area (Å²) in [5.74, 6) is -1.86. The number of likely N-dealkylation sites (tertiary alicyclic amines) is 1. The Morgan fingerprint density at radius 2 is 1.97 bits per heavy atom. The maximum absolute atomic E-state index is 13.8. The smallest absolute Gasteiger partial charge is 0.186 e. The minimum atomic E-state index is -0.944. The molecule has 7 nitrogen and oxygen atoms in total. The number of rotatable bonds is 6. The Morgan fingerprint density at radius 3 is 2.69 bits per heavy atom. The van der Waals surface area contributed by atoms with Crippen LogP contribution < -0.4 is 4.73 Å². The van der Waals surface area contributed by atoms with E-state index < -0.39 is 11.6 Å². The van der Waals surface area contributed by atoms with Gasteiger partial charge in [-0.2, -0.15) is 4.73 Å². The molecule has 3 aromatic rings. The number of ether oxygens (including phenoxy) is 1. The van der Waals surface area contributed by atoms with Crippen molar-refractivity contribution >= 4 is 5.71 Å². The van der Waals surface area contributed by atoms with E-state index in [-0.39, 0.29) is 5.60 Å². The molecule has 9 heteroatoms. The van der Waals surface area contributed by atoms with E-state index in [9.17, 15) is 14.0 Å². The van der Waals surface area contributed by atoms with Crippen LogP contribution in [0.5, 0.6) is 0 Å². The highest BCUT2D eigenvalue weighted by Crippen LogP contribution is 2.43. The molecular formula is C26H26F2N4O3. The molecule has 2 aliphatic heterocycles. The molecule has 0 amide bonds. The summed E-state index contributed by atoms with van der Waals surface area (Å²) in [5.41, 5.74) is 4.13. The van der Waals surface area contributed by atoms with E-state index in [2.05, 4.69) is 15.0 Å². The number of piperidine rings is 1. The van der Waals surface area contributed by atoms with E-state index in [1.54, 1.807) is 19.3 Å². The Hall–Kier alpha value is -3.43. The van der Waals surface area contributed by atoms with Gasteiger partial charge in [-0.05, 0) is 50.1 Å². The fourth-order valence-electron chi connectivity index (χ4n) is 4.79. The number of hydrogen-bond donors (Lipinski definition) is 0. The van der Waals surface area contributed by atoms with Gasteiger partial charge in [0.2, 0.25) is 0 Å². The lowest BCUT2D eigenvalue weighted by Crippen LogP contribution is -2.42. The lowest BCUT2D eigenvalue weighted by molar-refractivity contribution is -0.605. The van der Waals surface area contributed by atoms with Crippen LogP contribution >= 0.6 is 0 Å². The van der Waals surface area contributed by atoms with Crippen LogP contribution in [0.4, 0.5) is 8.78 Å². The van der Waals surface area contributed by atoms with E-state index in [1.165, 1.54) is 12.3 Å². The first-order valence-electron chi connectivity index (χ1n) is 11.7. The predicted molar refractivity (Wildman–Crippen MR) is 124 cm³/mol. The molecule has 0 bridgehead atoms. The SMILES string of the molecule is CCON=C(c1ccc(CN2CCC3(CC2)OCc2c[n+]([O-])ccc23)nc1)c1ccc(F)c(F)c1. The van der Waals surface area contributed by atoms with Crippen molar-refractivity contribution in [2.45, 2.75) is 38.5 Å². The minimum absolute atomic E-state index is 0.313. The van der Waals surface area contributed by atoms with Gasteiger partial charge in [0.1, 0.15) is 12.3 Å². The average Bonchev–Trinajstić information content (AvgIpc) is 3.21. The predicted octanol–water partition coefficient (Wildman–Crippen LogP) is 3.80. The Kier molecular flexibility index (Phi) is 6.44. The second-order valence-electron chi connectivity index (χ2n) is 8.83. The molecule has 182 valence electrons. The molecule has 1 spiro atoms. The Labute approximate surface area is 202 Å². The van der Waals surface area contributed by atoms with E-state index >= 15 is 0 Å². The molecule has 0 atom stereocenters. The summed E-state index contributed by atoms with van der Waals surface area (Å²) in [4.78, 5) is 12.1. The molecule has 35 heavy (non-hydrogen) atoms. The number of halogens is 2. The highest BCUT2D eigenvalue weighted by molar-refractivity contribution is 6.12. The molecule has 2 aliphatic rings. The quantitative estimate of drug-likeness (QED) is 0.232. The maximum Gasteiger partial charge on any atom is 0.186 e. The normalized spacial score (nSPS) is 17.5. The topological polar surface area (TPSA) is 73.9 Å². The van der Waals surface area contributed by atoms with Crippen molar-refractivity contribution in [3.8, 4) is 0 Å². The minimum Gasteiger partial charge on any atom is -0.619 e. The second kappa shape index (κ2) is 9.67. The first kappa shape index (κ1) is 23.3. The van der Waals surface area contributed by atoms with Crippen molar-refractivity contribution in [2.75, 3.05) is 19.7 Å². The van der Waals surface area contributed by atoms with Crippen LogP contribution in [-0.4, -0.2) is 35.3 Å². The van der Waals surface area contributed by atoms with Crippen molar-refractivity contribution < 1.29 is 23.1 Å². The molecule has 0 saturated carbocycles. The van der Waals surface area contributed by atoms with Gasteiger partial charge in [0.15, 0.2) is 24.0 Å². The number of benzene rings is 1. The molecule has 0 aliphatic carbocycles. The van der Waals surface area contributed by atoms with Gasteiger partial charge < -0.3 is 14.8 Å². The van der Waals surface area contributed by atoms with Crippen molar-refractivity contribution in [3.05, 3.63) is 99.8 Å². The second-order valence-corrected chi connectivity index (χ2v) is 8.83. The Morgan fingerprint density at radius 1 is 1.17 bits per heavy atom. The van der Waals surface area contributed by atoms with Gasteiger partial charge in [0.05, 0.1) is 17.9 Å². The maximum atomic E-state index is 13.8. The summed E-state index contributed by atoms with van der Waals surface area (Å²) in [6.07, 6.45) is 6.51. The lowest BCUT2D eigenvalue weighted by Gasteiger charge is -2.39. The molecule has 1 saturated heterocycles. The highest BCUT2D eigenvalue weighted by Gasteiger charge is 2.43. The van der Waals surface area contributed by atoms with Crippen LogP contribution in [0.25, 0.3) is 0 Å². The zero-order chi connectivity index (χ0) is 24.4. The molecule has 0 radical (unpaired) electrons. The molecule has 4 heterocycles. The third kappa shape index (κ3) is 4.74. The monoisotopic (exact) mass is 480 g/mol. The van der Waals surface area contributed by atoms with Gasteiger partial charge in [-0.15, -0.1) is 0 Å². The van der Waals surface area contributed by atoms with Crippen LogP contribution in [0, 0.1) is 16.8 Å². The fourth-order valence-corrected chi connectivity index (χ4v) is 4.79. The van der Waals surface area contributed by atoms with Crippen molar-refractivity contribution in [2.24, 2.45) is 5.16 Å². The van der Waals surface area contributed by atoms with Crippen molar-refractivity contribution in [1.29, 1.82) is 0 Å². The van der Waals surface area contributed by atoms with Crippen LogP contribution in [0.2, 0.25) is 0 Å². The first-order valence-corrected chi connectivity index (χ1v) is 11.7. The molecule has 1 fully saturated rings. The summed E-state index contributed by atoms with van der Waals surface area (Å²) in [7, 11) is 0. The molecule has 1 aromatic carbocycles. The van der Waals surface area contributed by atoms with Crippen LogP contribution in [0.3, 0.4) is 0 Å². The third-order valence-corrected chi connectivity index (χ3v) is 6.64. The van der Waals surface area contributed by atoms with Gasteiger partial charge in [-0.1, -0.05) is 5.16 Å². The number of pyridine rings is 2. The lowest BCUT2D eigenvalue weighted by atomic mass is 9.84. The zero-order valence-corrected chi connectivity index (χ0v) is 19.4. The number of aromatic nitrogens is 2. The summed E-state index contributed by atoms with van der Waals surface area (Å²) in [5, 5.41) is 15.7. The summed E-state index contributed by atoms with van der Waals surface area (Å²) < 4.78 is 34.2. The standard InChI is InChI=1S/C26H26F2N4O3/c1-2-35-30-25(18-4-6-23(27)24(28)13-18)19-3-5-21(29-14-19)16-31-11-8-26(9-12-31)22-7-10-32(33)15-20(22)17-34-26/h3-7,10,13-15H,2,8-9,11-12,16-17H2,1H3. The number of nitrogens with zero attached hydrogens (tertiary/aromatic N) is 4. The molecular weight excluding hydrogens is 454 g/mol. The van der Waals surface area contributed by atoms with Gasteiger partial charge in [-0.3, -0.25) is 9.88 Å². The first-order chi connectivity index (χ1) is 17.0. The van der Waals surface area contributed by atoms with E-state index in [1.807, 2.05) is 18.2 Å². The largest absolute Gasteiger partial charge is 0.619 e. The van der Waals surface area contributed by atoms with Crippen molar-refractivity contribution in [1.82, 2.24) is 9.88 Å². The van der Waals surface area contributed by atoms with Crippen LogP contribution in [-0.2, 0) is 28.3 Å². The van der Waals surface area contributed by atoms with Crippen LogP contribution in [0.15, 0.2) is 60.1 Å². The zero-order valence-electron chi connectivity index (χ0n) is 19.4.